The quantitative estimate of drug-likeness (QED) is 0.726. The van der Waals surface area contributed by atoms with Gasteiger partial charge in [-0.1, -0.05) is 38.0 Å². The summed E-state index contributed by atoms with van der Waals surface area (Å²) in [6.07, 6.45) is 5.01. The Morgan fingerprint density at radius 1 is 1.35 bits per heavy atom. The smallest absolute Gasteiger partial charge is 0.227 e. The SMILES string of the molecule is CCCCCC(=O)N1c2ccccc2CC1C. The van der Waals surface area contributed by atoms with Gasteiger partial charge in [0.2, 0.25) is 5.91 Å². The minimum atomic E-state index is 0.288. The van der Waals surface area contributed by atoms with Crippen LogP contribution in [0.1, 0.15) is 45.1 Å². The van der Waals surface area contributed by atoms with Gasteiger partial charge >= 0.3 is 0 Å². The van der Waals surface area contributed by atoms with Gasteiger partial charge in [-0.3, -0.25) is 4.79 Å². The third kappa shape index (κ3) is 2.51. The Morgan fingerprint density at radius 3 is 2.88 bits per heavy atom. The Bertz CT molecular complexity index is 400. The zero-order valence-corrected chi connectivity index (χ0v) is 10.8. The van der Waals surface area contributed by atoms with Crippen molar-refractivity contribution in [1.29, 1.82) is 0 Å². The van der Waals surface area contributed by atoms with E-state index in [4.69, 9.17) is 0 Å². The molecule has 0 aromatic heterocycles. The van der Waals surface area contributed by atoms with Crippen LogP contribution in [-0.4, -0.2) is 11.9 Å². The molecule has 2 rings (SSSR count). The van der Waals surface area contributed by atoms with Crippen LogP contribution in [-0.2, 0) is 11.2 Å². The summed E-state index contributed by atoms with van der Waals surface area (Å²) in [6, 6.07) is 8.59. The fourth-order valence-corrected chi connectivity index (χ4v) is 2.59. The Kier molecular flexibility index (Phi) is 3.82. The molecule has 1 aromatic carbocycles. The summed E-state index contributed by atoms with van der Waals surface area (Å²) in [7, 11) is 0. The number of rotatable bonds is 4. The van der Waals surface area contributed by atoms with E-state index in [-0.39, 0.29) is 5.91 Å². The number of hydrogen-bond acceptors (Lipinski definition) is 1. The van der Waals surface area contributed by atoms with Crippen LogP contribution in [0.25, 0.3) is 0 Å². The normalized spacial score (nSPS) is 18.2. The van der Waals surface area contributed by atoms with Crippen molar-refractivity contribution in [3.8, 4) is 0 Å². The van der Waals surface area contributed by atoms with Crippen molar-refractivity contribution in [2.75, 3.05) is 4.90 Å². The van der Waals surface area contributed by atoms with Crippen LogP contribution in [0.2, 0.25) is 0 Å². The number of unbranched alkanes of at least 4 members (excludes halogenated alkanes) is 2. The van der Waals surface area contributed by atoms with Crippen molar-refractivity contribution in [3.63, 3.8) is 0 Å². The van der Waals surface area contributed by atoms with Crippen molar-refractivity contribution in [2.45, 2.75) is 52.0 Å². The zero-order valence-electron chi connectivity index (χ0n) is 10.8. The minimum Gasteiger partial charge on any atom is -0.309 e. The third-order valence-electron chi connectivity index (χ3n) is 3.47. The number of carbonyl (C=O) groups excluding carboxylic acids is 1. The highest BCUT2D eigenvalue weighted by atomic mass is 16.2. The summed E-state index contributed by atoms with van der Waals surface area (Å²) >= 11 is 0. The monoisotopic (exact) mass is 231 g/mol. The van der Waals surface area contributed by atoms with E-state index in [0.29, 0.717) is 12.5 Å². The lowest BCUT2D eigenvalue weighted by atomic mass is 10.1. The van der Waals surface area contributed by atoms with Gasteiger partial charge in [0.1, 0.15) is 0 Å². The van der Waals surface area contributed by atoms with E-state index in [1.54, 1.807) is 0 Å². The largest absolute Gasteiger partial charge is 0.309 e. The van der Waals surface area contributed by atoms with E-state index in [0.717, 1.165) is 24.9 Å². The summed E-state index contributed by atoms with van der Waals surface area (Å²) in [5, 5.41) is 0. The molecule has 1 unspecified atom stereocenters. The Morgan fingerprint density at radius 2 is 2.12 bits per heavy atom. The van der Waals surface area contributed by atoms with Crippen molar-refractivity contribution >= 4 is 11.6 Å². The van der Waals surface area contributed by atoms with Crippen molar-refractivity contribution in [3.05, 3.63) is 29.8 Å². The van der Waals surface area contributed by atoms with E-state index >= 15 is 0 Å². The van der Waals surface area contributed by atoms with Gasteiger partial charge in [-0.15, -0.1) is 0 Å². The lowest BCUT2D eigenvalue weighted by Crippen LogP contribution is -2.35. The van der Waals surface area contributed by atoms with Gasteiger partial charge in [-0.25, -0.2) is 0 Å². The number of hydrogen-bond donors (Lipinski definition) is 0. The van der Waals surface area contributed by atoms with Crippen LogP contribution < -0.4 is 4.90 Å². The van der Waals surface area contributed by atoms with Gasteiger partial charge in [0, 0.05) is 18.2 Å². The Labute approximate surface area is 104 Å². The van der Waals surface area contributed by atoms with Gasteiger partial charge < -0.3 is 4.90 Å². The van der Waals surface area contributed by atoms with Crippen LogP contribution >= 0.6 is 0 Å². The Hall–Kier alpha value is -1.31. The molecule has 1 aliphatic heterocycles. The van der Waals surface area contributed by atoms with Gasteiger partial charge in [0.25, 0.3) is 0 Å². The van der Waals surface area contributed by atoms with Crippen LogP contribution in [0.4, 0.5) is 5.69 Å². The van der Waals surface area contributed by atoms with E-state index in [9.17, 15) is 4.79 Å². The van der Waals surface area contributed by atoms with Crippen LogP contribution in [0.3, 0.4) is 0 Å². The molecule has 1 atom stereocenters. The summed E-state index contributed by atoms with van der Waals surface area (Å²) in [4.78, 5) is 14.2. The predicted molar refractivity (Wildman–Crippen MR) is 71.2 cm³/mol. The summed E-state index contributed by atoms with van der Waals surface area (Å²) in [5.41, 5.74) is 2.44. The molecule has 92 valence electrons. The fraction of sp³-hybridized carbons (Fsp3) is 0.533. The van der Waals surface area contributed by atoms with Gasteiger partial charge in [0.05, 0.1) is 0 Å². The van der Waals surface area contributed by atoms with Crippen molar-refractivity contribution in [1.82, 2.24) is 0 Å². The highest BCUT2D eigenvalue weighted by Crippen LogP contribution is 2.32. The zero-order chi connectivity index (χ0) is 12.3. The number of anilines is 1. The average Bonchev–Trinajstić information content (AvgIpc) is 2.65. The standard InChI is InChI=1S/C15H21NO/c1-3-4-5-10-15(17)16-12(2)11-13-8-6-7-9-14(13)16/h6-9,12H,3-5,10-11H2,1-2H3. The molecule has 0 N–H and O–H groups in total. The maximum atomic E-state index is 12.2. The number of para-hydroxylation sites is 1. The maximum Gasteiger partial charge on any atom is 0.227 e. The molecule has 1 amide bonds. The lowest BCUT2D eigenvalue weighted by Gasteiger charge is -2.22. The molecule has 1 heterocycles. The summed E-state index contributed by atoms with van der Waals surface area (Å²) in [5.74, 6) is 0.288. The molecule has 0 saturated heterocycles. The van der Waals surface area contributed by atoms with Crippen LogP contribution in [0.5, 0.6) is 0 Å². The first-order chi connectivity index (χ1) is 8.24. The number of nitrogens with zero attached hydrogens (tertiary/aromatic N) is 1. The second-order valence-corrected chi connectivity index (χ2v) is 4.90. The van der Waals surface area contributed by atoms with E-state index < -0.39 is 0 Å². The molecule has 0 aliphatic carbocycles. The topological polar surface area (TPSA) is 20.3 Å². The summed E-state index contributed by atoms with van der Waals surface area (Å²) < 4.78 is 0. The lowest BCUT2D eigenvalue weighted by molar-refractivity contribution is -0.119. The first kappa shape index (κ1) is 12.2. The molecule has 0 spiro atoms. The number of amides is 1. The second kappa shape index (κ2) is 5.35. The molecule has 0 radical (unpaired) electrons. The maximum absolute atomic E-state index is 12.2. The molecule has 2 heteroatoms. The second-order valence-electron chi connectivity index (χ2n) is 4.90. The van der Waals surface area contributed by atoms with Crippen molar-refractivity contribution in [2.24, 2.45) is 0 Å². The highest BCUT2D eigenvalue weighted by Gasteiger charge is 2.29. The van der Waals surface area contributed by atoms with Crippen LogP contribution in [0, 0.1) is 0 Å². The predicted octanol–water partition coefficient (Wildman–Crippen LogP) is 3.54. The molecule has 0 saturated carbocycles. The van der Waals surface area contributed by atoms with E-state index in [2.05, 4.69) is 32.0 Å². The first-order valence-corrected chi connectivity index (χ1v) is 6.64. The first-order valence-electron chi connectivity index (χ1n) is 6.64. The number of carbonyl (C=O) groups is 1. The van der Waals surface area contributed by atoms with E-state index in [1.807, 2.05) is 11.0 Å². The van der Waals surface area contributed by atoms with Gasteiger partial charge in [-0.05, 0) is 31.4 Å². The molecular weight excluding hydrogens is 210 g/mol. The van der Waals surface area contributed by atoms with Crippen LogP contribution in [0.15, 0.2) is 24.3 Å². The van der Waals surface area contributed by atoms with Gasteiger partial charge in [-0.2, -0.15) is 0 Å². The Balaban J connectivity index is 2.08. The molecule has 1 aromatic rings. The van der Waals surface area contributed by atoms with E-state index in [1.165, 1.54) is 12.0 Å². The minimum absolute atomic E-state index is 0.288. The van der Waals surface area contributed by atoms with Crippen molar-refractivity contribution < 1.29 is 4.79 Å². The highest BCUT2D eigenvalue weighted by molar-refractivity contribution is 5.96. The molecule has 0 fully saturated rings. The molecular formula is C15H21NO. The molecule has 17 heavy (non-hydrogen) atoms. The number of benzene rings is 1. The van der Waals surface area contributed by atoms with Gasteiger partial charge in [0.15, 0.2) is 0 Å². The number of fused-ring (bicyclic) bond motifs is 1. The molecule has 0 bridgehead atoms. The molecule has 2 nitrogen and oxygen atoms in total. The third-order valence-corrected chi connectivity index (χ3v) is 3.47. The fourth-order valence-electron chi connectivity index (χ4n) is 2.59. The summed E-state index contributed by atoms with van der Waals surface area (Å²) in [6.45, 7) is 4.30. The average molecular weight is 231 g/mol. The molecule has 1 aliphatic rings.